The monoisotopic (exact) mass is 808 g/mol. The predicted octanol–water partition coefficient (Wildman–Crippen LogP) is 15.2. The maximum atomic E-state index is 13.2. The Balaban J connectivity index is 4.51. The Morgan fingerprint density at radius 2 is 0.737 bits per heavy atom. The first-order chi connectivity index (χ1) is 28.0. The van der Waals surface area contributed by atoms with Crippen molar-refractivity contribution in [3.05, 3.63) is 0 Å². The normalized spacial score (nSPS) is 13.1. The van der Waals surface area contributed by atoms with Gasteiger partial charge in [-0.15, -0.1) is 0 Å². The number of ether oxygens (including phenoxy) is 1. The van der Waals surface area contributed by atoms with Crippen molar-refractivity contribution in [1.82, 2.24) is 5.32 Å². The van der Waals surface area contributed by atoms with Crippen LogP contribution in [0.5, 0.6) is 0 Å². The number of carbonyl (C=O) groups is 2. The van der Waals surface area contributed by atoms with Crippen LogP contribution in [0.15, 0.2) is 0 Å². The Morgan fingerprint density at radius 1 is 0.439 bits per heavy atom. The molecule has 0 aliphatic carbocycles. The summed E-state index contributed by atoms with van der Waals surface area (Å²) in [6.45, 7) is 6.50. The highest BCUT2D eigenvalue weighted by Crippen LogP contribution is 2.19. The van der Waals surface area contributed by atoms with Crippen LogP contribution in [0.3, 0.4) is 0 Å². The third-order valence-corrected chi connectivity index (χ3v) is 12.2. The minimum Gasteiger partial charge on any atom is -0.462 e. The van der Waals surface area contributed by atoms with Crippen molar-refractivity contribution in [2.24, 2.45) is 0 Å². The highest BCUT2D eigenvalue weighted by molar-refractivity contribution is 5.77. The molecular formula is C51H101NO5. The molecule has 0 aliphatic heterocycles. The fraction of sp³-hybridized carbons (Fsp3) is 0.961. The van der Waals surface area contributed by atoms with E-state index in [0.29, 0.717) is 19.3 Å². The third-order valence-electron chi connectivity index (χ3n) is 12.2. The van der Waals surface area contributed by atoms with Crippen LogP contribution in [0.4, 0.5) is 0 Å². The van der Waals surface area contributed by atoms with Gasteiger partial charge >= 0.3 is 5.97 Å². The zero-order valence-corrected chi connectivity index (χ0v) is 38.8. The number of amides is 1. The molecule has 0 saturated heterocycles. The van der Waals surface area contributed by atoms with E-state index in [1.54, 1.807) is 0 Å². The minimum absolute atomic E-state index is 0.0877. The van der Waals surface area contributed by atoms with Crippen molar-refractivity contribution in [2.45, 2.75) is 309 Å². The van der Waals surface area contributed by atoms with Gasteiger partial charge in [-0.1, -0.05) is 252 Å². The first-order valence-electron chi connectivity index (χ1n) is 25.8. The van der Waals surface area contributed by atoms with Crippen molar-refractivity contribution in [2.75, 3.05) is 6.61 Å². The van der Waals surface area contributed by atoms with Crippen LogP contribution in [0, 0.1) is 0 Å². The van der Waals surface area contributed by atoms with Gasteiger partial charge in [-0.3, -0.25) is 9.59 Å². The van der Waals surface area contributed by atoms with Crippen LogP contribution in [0.1, 0.15) is 290 Å². The Kier molecular flexibility index (Phi) is 45.0. The second-order valence-electron chi connectivity index (χ2n) is 17.9. The Hall–Kier alpha value is -1.14. The van der Waals surface area contributed by atoms with Gasteiger partial charge in [0.15, 0.2) is 0 Å². The van der Waals surface area contributed by atoms with E-state index in [-0.39, 0.29) is 24.9 Å². The molecule has 0 aromatic heterocycles. The summed E-state index contributed by atoms with van der Waals surface area (Å²) < 4.78 is 5.93. The molecule has 3 unspecified atom stereocenters. The number of rotatable bonds is 47. The fourth-order valence-corrected chi connectivity index (χ4v) is 8.26. The van der Waals surface area contributed by atoms with Crippen LogP contribution in [-0.4, -0.2) is 46.9 Å². The number of carbonyl (C=O) groups excluding carboxylic acids is 2. The number of hydrogen-bond donors (Lipinski definition) is 3. The second-order valence-corrected chi connectivity index (χ2v) is 17.9. The summed E-state index contributed by atoms with van der Waals surface area (Å²) in [5.41, 5.74) is 0. The lowest BCUT2D eigenvalue weighted by Gasteiger charge is -2.24. The van der Waals surface area contributed by atoms with Crippen molar-refractivity contribution < 1.29 is 24.5 Å². The number of hydrogen-bond acceptors (Lipinski definition) is 5. The summed E-state index contributed by atoms with van der Waals surface area (Å²) in [6, 6.07) is -0.691. The van der Waals surface area contributed by atoms with Gasteiger partial charge in [0, 0.05) is 6.42 Å². The van der Waals surface area contributed by atoms with E-state index in [1.807, 2.05) is 0 Å². The van der Waals surface area contributed by atoms with Gasteiger partial charge in [-0.05, 0) is 25.7 Å². The molecule has 0 fully saturated rings. The summed E-state index contributed by atoms with van der Waals surface area (Å²) in [5.74, 6) is -0.452. The smallest absolute Gasteiger partial charge is 0.306 e. The molecule has 0 aromatic rings. The maximum Gasteiger partial charge on any atom is 0.306 e. The Morgan fingerprint density at radius 3 is 1.07 bits per heavy atom. The van der Waals surface area contributed by atoms with Gasteiger partial charge in [0.05, 0.1) is 25.2 Å². The lowest BCUT2D eigenvalue weighted by atomic mass is 10.0. The van der Waals surface area contributed by atoms with Crippen molar-refractivity contribution >= 4 is 11.9 Å². The van der Waals surface area contributed by atoms with Crippen LogP contribution in [0.2, 0.25) is 0 Å². The third kappa shape index (κ3) is 41.4. The van der Waals surface area contributed by atoms with Crippen molar-refractivity contribution in [3.63, 3.8) is 0 Å². The summed E-state index contributed by atoms with van der Waals surface area (Å²) in [4.78, 5) is 26.1. The highest BCUT2D eigenvalue weighted by Gasteiger charge is 2.24. The molecule has 0 radical (unpaired) electrons. The first kappa shape index (κ1) is 55.9. The Labute approximate surface area is 356 Å². The van der Waals surface area contributed by atoms with Crippen LogP contribution in [0.25, 0.3) is 0 Å². The molecule has 0 bridgehead atoms. The predicted molar refractivity (Wildman–Crippen MR) is 246 cm³/mol. The van der Waals surface area contributed by atoms with E-state index in [9.17, 15) is 19.8 Å². The lowest BCUT2D eigenvalue weighted by molar-refractivity contribution is -0.151. The van der Waals surface area contributed by atoms with Crippen molar-refractivity contribution in [1.29, 1.82) is 0 Å². The molecule has 3 atom stereocenters. The van der Waals surface area contributed by atoms with E-state index in [0.717, 1.165) is 44.9 Å². The molecule has 3 N–H and O–H groups in total. The second kappa shape index (κ2) is 45.9. The first-order valence-corrected chi connectivity index (χ1v) is 25.8. The summed E-state index contributed by atoms with van der Waals surface area (Å²) in [6.07, 6.45) is 48.7. The summed E-state index contributed by atoms with van der Waals surface area (Å²) >= 11 is 0. The lowest BCUT2D eigenvalue weighted by Crippen LogP contribution is -2.46. The van der Waals surface area contributed by atoms with Gasteiger partial charge in [-0.2, -0.15) is 0 Å². The molecule has 0 aromatic carbocycles. The molecule has 0 saturated carbocycles. The topological polar surface area (TPSA) is 95.9 Å². The van der Waals surface area contributed by atoms with Crippen LogP contribution >= 0.6 is 0 Å². The van der Waals surface area contributed by atoms with E-state index >= 15 is 0 Å². The largest absolute Gasteiger partial charge is 0.462 e. The van der Waals surface area contributed by atoms with Gasteiger partial charge in [-0.25, -0.2) is 0 Å². The van der Waals surface area contributed by atoms with Gasteiger partial charge in [0.25, 0.3) is 0 Å². The van der Waals surface area contributed by atoms with E-state index in [2.05, 4.69) is 26.1 Å². The molecule has 1 amide bonds. The molecule has 340 valence electrons. The number of unbranched alkanes of at least 4 members (excludes halogenated alkanes) is 35. The molecule has 57 heavy (non-hydrogen) atoms. The Bertz CT molecular complexity index is 821. The molecule has 0 rings (SSSR count). The average Bonchev–Trinajstić information content (AvgIpc) is 3.20. The van der Waals surface area contributed by atoms with Gasteiger partial charge < -0.3 is 20.3 Å². The molecular weight excluding hydrogens is 707 g/mol. The van der Waals surface area contributed by atoms with Crippen molar-refractivity contribution in [3.8, 4) is 0 Å². The zero-order valence-electron chi connectivity index (χ0n) is 38.8. The molecule has 6 nitrogen and oxygen atoms in total. The molecule has 0 spiro atoms. The molecule has 0 aliphatic rings. The summed E-state index contributed by atoms with van der Waals surface area (Å²) in [7, 11) is 0. The number of aliphatic hydroxyl groups excluding tert-OH is 2. The molecule has 6 heteroatoms. The fourth-order valence-electron chi connectivity index (χ4n) is 8.26. The van der Waals surface area contributed by atoms with E-state index in [4.69, 9.17) is 4.74 Å². The summed E-state index contributed by atoms with van der Waals surface area (Å²) in [5, 5.41) is 23.8. The minimum atomic E-state index is -0.778. The van der Waals surface area contributed by atoms with E-state index in [1.165, 1.54) is 199 Å². The maximum absolute atomic E-state index is 13.2. The molecule has 0 heterocycles. The van der Waals surface area contributed by atoms with Crippen LogP contribution < -0.4 is 5.32 Å². The van der Waals surface area contributed by atoms with Gasteiger partial charge in [0.1, 0.15) is 6.10 Å². The highest BCUT2D eigenvalue weighted by atomic mass is 16.5. The number of aliphatic hydroxyl groups is 2. The zero-order chi connectivity index (χ0) is 41.7. The number of nitrogens with one attached hydrogen (secondary N) is 1. The standard InChI is InChI=1S/C51H101NO5/c1-4-7-10-13-16-19-22-25-27-30-33-36-39-42-47(57-51(56)44-41-38-35-32-29-24-21-18-15-12-9-6-3)45-50(55)52-48(46-53)49(54)43-40-37-34-31-28-26-23-20-17-14-11-8-5-2/h47-49,53-54H,4-46H2,1-3H3,(H,52,55). The van der Waals surface area contributed by atoms with Crippen LogP contribution in [-0.2, 0) is 14.3 Å². The SMILES string of the molecule is CCCCCCCCCCCCCCCC(CC(=O)NC(CO)C(O)CCCCCCCCCCCCCCC)OC(=O)CCCCCCCCCCCCCC. The average molecular weight is 808 g/mol. The van der Waals surface area contributed by atoms with E-state index < -0.39 is 18.2 Å². The number of esters is 1. The van der Waals surface area contributed by atoms with Gasteiger partial charge in [0.2, 0.25) is 5.91 Å². The quantitative estimate of drug-likeness (QED) is 0.0420.